The predicted octanol–water partition coefficient (Wildman–Crippen LogP) is 0.741. The average Bonchev–Trinajstić information content (AvgIpc) is 2.37. The molecule has 0 radical (unpaired) electrons. The number of amidine groups is 1. The van der Waals surface area contributed by atoms with Gasteiger partial charge in [-0.15, -0.1) is 0 Å². The van der Waals surface area contributed by atoms with Crippen molar-refractivity contribution in [1.82, 2.24) is 15.0 Å². The molecule has 6 nitrogen and oxygen atoms in total. The molecule has 18 heavy (non-hydrogen) atoms. The molecule has 2 heterocycles. The predicted molar refractivity (Wildman–Crippen MR) is 69.7 cm³/mol. The van der Waals surface area contributed by atoms with Gasteiger partial charge in [-0.3, -0.25) is 15.2 Å². The van der Waals surface area contributed by atoms with Crippen molar-refractivity contribution in [2.75, 3.05) is 0 Å². The van der Waals surface area contributed by atoms with Gasteiger partial charge in [-0.1, -0.05) is 11.8 Å². The van der Waals surface area contributed by atoms with E-state index in [0.29, 0.717) is 16.6 Å². The Labute approximate surface area is 107 Å². The van der Waals surface area contributed by atoms with Crippen molar-refractivity contribution in [2.45, 2.75) is 10.9 Å². The molecule has 0 amide bonds. The lowest BCUT2D eigenvalue weighted by Crippen LogP contribution is -2.13. The van der Waals surface area contributed by atoms with Crippen LogP contribution in [0.25, 0.3) is 0 Å². The highest BCUT2D eigenvalue weighted by atomic mass is 32.2. The molecule has 0 fully saturated rings. The number of nitrogen functional groups attached to an aromatic ring is 1. The van der Waals surface area contributed by atoms with E-state index < -0.39 is 0 Å². The summed E-state index contributed by atoms with van der Waals surface area (Å²) in [5.74, 6) is 0.559. The minimum Gasteiger partial charge on any atom is -0.382 e. The standard InChI is InChI=1S/C11H11N5OS/c12-10(13)8-5-7(1-3-14-8)6-18-11-15-4-2-9(17)16-11/h1-5H,6H2,(H3,12,13)(H,15,16,17). The SMILES string of the molecule is N=C(N)c1cc(CSc2nccc(=O)[nH]2)ccn1. The van der Waals surface area contributed by atoms with Gasteiger partial charge in [-0.2, -0.15) is 0 Å². The Morgan fingerprint density at radius 1 is 1.39 bits per heavy atom. The lowest BCUT2D eigenvalue weighted by Gasteiger charge is -2.02. The van der Waals surface area contributed by atoms with E-state index >= 15 is 0 Å². The van der Waals surface area contributed by atoms with Gasteiger partial charge in [0.2, 0.25) is 0 Å². The molecule has 0 aromatic carbocycles. The van der Waals surface area contributed by atoms with Gasteiger partial charge >= 0.3 is 0 Å². The Hall–Kier alpha value is -2.15. The first-order valence-electron chi connectivity index (χ1n) is 5.12. The number of nitrogens with one attached hydrogen (secondary N) is 2. The smallest absolute Gasteiger partial charge is 0.251 e. The molecule has 0 aliphatic carbocycles. The van der Waals surface area contributed by atoms with Crippen LogP contribution < -0.4 is 11.3 Å². The van der Waals surface area contributed by atoms with Crippen LogP contribution in [-0.2, 0) is 5.75 Å². The Balaban J connectivity index is 2.08. The average molecular weight is 261 g/mol. The normalized spacial score (nSPS) is 10.2. The van der Waals surface area contributed by atoms with Crippen LogP contribution in [0, 0.1) is 5.41 Å². The molecule has 2 rings (SSSR count). The number of aromatic nitrogens is 3. The fourth-order valence-electron chi connectivity index (χ4n) is 1.29. The molecule has 2 aromatic heterocycles. The van der Waals surface area contributed by atoms with Gasteiger partial charge in [0, 0.05) is 24.2 Å². The topological polar surface area (TPSA) is 109 Å². The van der Waals surface area contributed by atoms with E-state index in [4.69, 9.17) is 11.1 Å². The third-order valence-electron chi connectivity index (χ3n) is 2.12. The van der Waals surface area contributed by atoms with Gasteiger partial charge in [0.25, 0.3) is 5.56 Å². The number of hydrogen-bond donors (Lipinski definition) is 3. The minimum absolute atomic E-state index is 0.0620. The summed E-state index contributed by atoms with van der Waals surface area (Å²) in [6.45, 7) is 0. The molecule has 0 unspecified atom stereocenters. The summed E-state index contributed by atoms with van der Waals surface area (Å²) in [7, 11) is 0. The summed E-state index contributed by atoms with van der Waals surface area (Å²) in [5.41, 5.74) is 6.60. The molecule has 4 N–H and O–H groups in total. The molecule has 0 spiro atoms. The molecule has 0 saturated heterocycles. The highest BCUT2D eigenvalue weighted by molar-refractivity contribution is 7.98. The van der Waals surface area contributed by atoms with Gasteiger partial charge in [-0.05, 0) is 17.7 Å². The van der Waals surface area contributed by atoms with Crippen LogP contribution >= 0.6 is 11.8 Å². The molecule has 0 aliphatic rings. The van der Waals surface area contributed by atoms with Crippen molar-refractivity contribution in [1.29, 1.82) is 5.41 Å². The number of aromatic amines is 1. The largest absolute Gasteiger partial charge is 0.382 e. The second-order valence-electron chi connectivity index (χ2n) is 3.49. The Kier molecular flexibility index (Phi) is 3.73. The second kappa shape index (κ2) is 5.46. The van der Waals surface area contributed by atoms with E-state index in [9.17, 15) is 4.79 Å². The van der Waals surface area contributed by atoms with E-state index in [1.54, 1.807) is 12.3 Å². The third kappa shape index (κ3) is 3.17. The van der Waals surface area contributed by atoms with E-state index in [1.807, 2.05) is 6.07 Å². The highest BCUT2D eigenvalue weighted by Crippen LogP contribution is 2.17. The molecular formula is C11H11N5OS. The first-order chi connectivity index (χ1) is 8.65. The number of H-pyrrole nitrogens is 1. The summed E-state index contributed by atoms with van der Waals surface area (Å²) >= 11 is 1.40. The summed E-state index contributed by atoms with van der Waals surface area (Å²) in [4.78, 5) is 21.7. The van der Waals surface area contributed by atoms with Crippen molar-refractivity contribution in [2.24, 2.45) is 5.73 Å². The lowest BCUT2D eigenvalue weighted by molar-refractivity contribution is 0.936. The molecule has 7 heteroatoms. The molecule has 92 valence electrons. The van der Waals surface area contributed by atoms with E-state index in [2.05, 4.69) is 15.0 Å². The number of nitrogens with two attached hydrogens (primary N) is 1. The maximum atomic E-state index is 11.1. The molecule has 0 aliphatic heterocycles. The van der Waals surface area contributed by atoms with Crippen LogP contribution in [0.4, 0.5) is 0 Å². The Morgan fingerprint density at radius 3 is 2.89 bits per heavy atom. The monoisotopic (exact) mass is 261 g/mol. The fraction of sp³-hybridized carbons (Fsp3) is 0.0909. The summed E-state index contributed by atoms with van der Waals surface area (Å²) in [6.07, 6.45) is 3.07. The van der Waals surface area contributed by atoms with E-state index in [1.165, 1.54) is 24.0 Å². The first-order valence-corrected chi connectivity index (χ1v) is 6.11. The maximum absolute atomic E-state index is 11.1. The van der Waals surface area contributed by atoms with E-state index in [0.717, 1.165) is 5.56 Å². The quantitative estimate of drug-likeness (QED) is 0.325. The van der Waals surface area contributed by atoms with Crippen LogP contribution in [0.15, 0.2) is 40.5 Å². The van der Waals surface area contributed by atoms with Crippen LogP contribution in [0.1, 0.15) is 11.3 Å². The number of rotatable bonds is 4. The zero-order valence-electron chi connectivity index (χ0n) is 9.38. The summed E-state index contributed by atoms with van der Waals surface area (Å²) in [6, 6.07) is 4.95. The van der Waals surface area contributed by atoms with Crippen molar-refractivity contribution in [3.05, 3.63) is 52.2 Å². The van der Waals surface area contributed by atoms with Crippen molar-refractivity contribution in [3.8, 4) is 0 Å². The fourth-order valence-corrected chi connectivity index (χ4v) is 2.08. The van der Waals surface area contributed by atoms with Crippen molar-refractivity contribution < 1.29 is 0 Å². The van der Waals surface area contributed by atoms with Gasteiger partial charge in [0.1, 0.15) is 11.5 Å². The van der Waals surface area contributed by atoms with Gasteiger partial charge in [0.05, 0.1) is 0 Å². The number of hydrogen-bond acceptors (Lipinski definition) is 5. The van der Waals surface area contributed by atoms with Gasteiger partial charge in [-0.25, -0.2) is 4.98 Å². The lowest BCUT2D eigenvalue weighted by atomic mass is 10.2. The number of nitrogens with zero attached hydrogens (tertiary/aromatic N) is 2. The van der Waals surface area contributed by atoms with Crippen LogP contribution in [-0.4, -0.2) is 20.8 Å². The second-order valence-corrected chi connectivity index (χ2v) is 4.45. The third-order valence-corrected chi connectivity index (χ3v) is 3.08. The van der Waals surface area contributed by atoms with Crippen molar-refractivity contribution in [3.63, 3.8) is 0 Å². The molecule has 0 bridgehead atoms. The summed E-state index contributed by atoms with van der Waals surface area (Å²) < 4.78 is 0. The first kappa shape index (κ1) is 12.3. The van der Waals surface area contributed by atoms with Gasteiger partial charge < -0.3 is 10.7 Å². The minimum atomic E-state index is -0.174. The zero-order valence-corrected chi connectivity index (χ0v) is 10.2. The number of pyridine rings is 1. The molecular weight excluding hydrogens is 250 g/mol. The summed E-state index contributed by atoms with van der Waals surface area (Å²) in [5, 5.41) is 7.86. The van der Waals surface area contributed by atoms with E-state index in [-0.39, 0.29) is 11.4 Å². The maximum Gasteiger partial charge on any atom is 0.251 e. The Bertz CT molecular complexity index is 625. The van der Waals surface area contributed by atoms with Crippen LogP contribution in [0.2, 0.25) is 0 Å². The molecule has 0 saturated carbocycles. The van der Waals surface area contributed by atoms with Crippen LogP contribution in [0.3, 0.4) is 0 Å². The zero-order chi connectivity index (χ0) is 13.0. The molecule has 2 aromatic rings. The molecule has 0 atom stereocenters. The van der Waals surface area contributed by atoms with Crippen LogP contribution in [0.5, 0.6) is 0 Å². The van der Waals surface area contributed by atoms with Gasteiger partial charge in [0.15, 0.2) is 5.16 Å². The number of thioether (sulfide) groups is 1. The van der Waals surface area contributed by atoms with Crippen molar-refractivity contribution >= 4 is 17.6 Å². The highest BCUT2D eigenvalue weighted by Gasteiger charge is 2.02. The Morgan fingerprint density at radius 2 is 2.17 bits per heavy atom.